The molecule has 0 aliphatic heterocycles. The molecule has 0 unspecified atom stereocenters. The van der Waals surface area contributed by atoms with Gasteiger partial charge in [-0.1, -0.05) is 17.7 Å². The third-order valence-electron chi connectivity index (χ3n) is 4.90. The van der Waals surface area contributed by atoms with Gasteiger partial charge in [-0.15, -0.1) is 0 Å². The van der Waals surface area contributed by atoms with E-state index in [-0.39, 0.29) is 28.6 Å². The molecule has 3 aromatic carbocycles. The smallest absolute Gasteiger partial charge is 0.387 e. The van der Waals surface area contributed by atoms with Crippen LogP contribution in [0.25, 0.3) is 22.5 Å². The van der Waals surface area contributed by atoms with E-state index in [4.69, 9.17) is 11.6 Å². The first kappa shape index (κ1) is 23.6. The fourth-order valence-electron chi connectivity index (χ4n) is 3.36. The van der Waals surface area contributed by atoms with E-state index in [0.717, 1.165) is 0 Å². The number of rotatable bonds is 8. The maximum Gasteiger partial charge on any atom is 0.387 e. The molecule has 10 heteroatoms. The topological polar surface area (TPSA) is 36.3 Å². The van der Waals surface area contributed by atoms with Gasteiger partial charge in [0.25, 0.3) is 0 Å². The molecule has 0 fully saturated rings. The summed E-state index contributed by atoms with van der Waals surface area (Å²) < 4.78 is 74.5. The highest BCUT2D eigenvalue weighted by Crippen LogP contribution is 2.31. The Morgan fingerprint density at radius 2 is 1.35 bits per heavy atom. The van der Waals surface area contributed by atoms with Gasteiger partial charge >= 0.3 is 13.2 Å². The molecule has 0 amide bonds. The minimum atomic E-state index is -2.96. The standard InChI is InChI=1S/C24H16ClF5N2O2/c25-19-2-1-3-20(26)18(19)13-32-22(15-6-10-17(11-7-15)34-24(29)30)12-21(31-32)14-4-8-16(9-5-14)33-23(27)28/h1-12,23-24H,13H2. The lowest BCUT2D eigenvalue weighted by molar-refractivity contribution is -0.0505. The van der Waals surface area contributed by atoms with E-state index in [1.807, 2.05) is 0 Å². The molecule has 4 rings (SSSR count). The Bertz CT molecular complexity index is 1240. The number of ether oxygens (including phenoxy) is 2. The van der Waals surface area contributed by atoms with Crippen molar-refractivity contribution in [1.82, 2.24) is 9.78 Å². The molecule has 0 bridgehead atoms. The Kier molecular flexibility index (Phi) is 7.02. The van der Waals surface area contributed by atoms with Gasteiger partial charge in [0.05, 0.1) is 17.9 Å². The Balaban J connectivity index is 1.73. The molecule has 0 N–H and O–H groups in total. The monoisotopic (exact) mass is 494 g/mol. The molecule has 4 aromatic rings. The SMILES string of the molecule is Fc1cccc(Cl)c1Cn1nc(-c2ccc(OC(F)F)cc2)cc1-c1ccc(OC(F)F)cc1. The van der Waals surface area contributed by atoms with Crippen LogP contribution in [0, 0.1) is 5.82 Å². The second kappa shape index (κ2) is 10.1. The molecule has 1 aromatic heterocycles. The van der Waals surface area contributed by atoms with Gasteiger partial charge in [0.15, 0.2) is 0 Å². The maximum absolute atomic E-state index is 14.4. The van der Waals surface area contributed by atoms with Crippen LogP contribution in [0.3, 0.4) is 0 Å². The van der Waals surface area contributed by atoms with Crippen molar-refractivity contribution in [1.29, 1.82) is 0 Å². The van der Waals surface area contributed by atoms with Crippen LogP contribution < -0.4 is 9.47 Å². The van der Waals surface area contributed by atoms with Crippen LogP contribution in [0.1, 0.15) is 5.56 Å². The number of benzene rings is 3. The van der Waals surface area contributed by atoms with Gasteiger partial charge in [0, 0.05) is 21.7 Å². The van der Waals surface area contributed by atoms with Gasteiger partial charge in [-0.05, 0) is 66.7 Å². The van der Waals surface area contributed by atoms with Gasteiger partial charge in [0.2, 0.25) is 0 Å². The first-order valence-corrected chi connectivity index (χ1v) is 10.3. The van der Waals surface area contributed by atoms with E-state index >= 15 is 0 Å². The predicted octanol–water partition coefficient (Wildman–Crippen LogP) is 7.26. The van der Waals surface area contributed by atoms with Crippen molar-refractivity contribution in [2.45, 2.75) is 19.8 Å². The van der Waals surface area contributed by atoms with Crippen molar-refractivity contribution in [2.75, 3.05) is 0 Å². The molecule has 1 heterocycles. The molecule has 0 radical (unpaired) electrons. The molecule has 0 saturated heterocycles. The van der Waals surface area contributed by atoms with Crippen LogP contribution in [-0.4, -0.2) is 23.0 Å². The summed E-state index contributed by atoms with van der Waals surface area (Å²) in [5.41, 5.74) is 2.44. The molecule has 0 aliphatic carbocycles. The van der Waals surface area contributed by atoms with Crippen molar-refractivity contribution >= 4 is 11.6 Å². The number of nitrogens with zero attached hydrogens (tertiary/aromatic N) is 2. The second-order valence-corrected chi connectivity index (χ2v) is 7.49. The van der Waals surface area contributed by atoms with E-state index in [1.54, 1.807) is 36.4 Å². The zero-order valence-electron chi connectivity index (χ0n) is 17.3. The van der Waals surface area contributed by atoms with E-state index in [1.165, 1.54) is 41.1 Å². The Labute approximate surface area is 196 Å². The molecular weight excluding hydrogens is 479 g/mol. The summed E-state index contributed by atoms with van der Waals surface area (Å²) >= 11 is 6.19. The molecule has 4 nitrogen and oxygen atoms in total. The van der Waals surface area contributed by atoms with E-state index in [2.05, 4.69) is 14.6 Å². The van der Waals surface area contributed by atoms with Crippen LogP contribution in [-0.2, 0) is 6.54 Å². The van der Waals surface area contributed by atoms with Crippen LogP contribution in [0.15, 0.2) is 72.8 Å². The summed E-state index contributed by atoms with van der Waals surface area (Å²) in [7, 11) is 0. The highest BCUT2D eigenvalue weighted by atomic mass is 35.5. The quantitative estimate of drug-likeness (QED) is 0.242. The van der Waals surface area contributed by atoms with Crippen LogP contribution >= 0.6 is 11.6 Å². The first-order chi connectivity index (χ1) is 16.3. The molecule has 176 valence electrons. The predicted molar refractivity (Wildman–Crippen MR) is 117 cm³/mol. The summed E-state index contributed by atoms with van der Waals surface area (Å²) in [6.07, 6.45) is 0. The lowest BCUT2D eigenvalue weighted by atomic mass is 10.1. The molecule has 0 aliphatic rings. The molecule has 0 atom stereocenters. The number of hydrogen-bond donors (Lipinski definition) is 0. The van der Waals surface area contributed by atoms with Gasteiger partial charge in [-0.2, -0.15) is 22.7 Å². The van der Waals surface area contributed by atoms with Crippen molar-refractivity contribution < 1.29 is 31.4 Å². The average molecular weight is 495 g/mol. The summed E-state index contributed by atoms with van der Waals surface area (Å²) in [4.78, 5) is 0. The average Bonchev–Trinajstić information content (AvgIpc) is 3.20. The fourth-order valence-corrected chi connectivity index (χ4v) is 3.58. The normalized spacial score (nSPS) is 11.3. The summed E-state index contributed by atoms with van der Waals surface area (Å²) in [5, 5.41) is 4.77. The first-order valence-electron chi connectivity index (χ1n) is 9.91. The molecule has 34 heavy (non-hydrogen) atoms. The van der Waals surface area contributed by atoms with Gasteiger partial charge < -0.3 is 9.47 Å². The minimum absolute atomic E-state index is 0.00818. The fraction of sp³-hybridized carbons (Fsp3) is 0.125. The van der Waals surface area contributed by atoms with E-state index in [0.29, 0.717) is 22.5 Å². The second-order valence-electron chi connectivity index (χ2n) is 7.08. The summed E-state index contributed by atoms with van der Waals surface area (Å²) in [6.45, 7) is -5.91. The highest BCUT2D eigenvalue weighted by molar-refractivity contribution is 6.31. The summed E-state index contributed by atoms with van der Waals surface area (Å²) in [5.74, 6) is -0.535. The zero-order valence-corrected chi connectivity index (χ0v) is 18.0. The van der Waals surface area contributed by atoms with Crippen molar-refractivity contribution in [2.24, 2.45) is 0 Å². The Morgan fingerprint density at radius 3 is 1.88 bits per heavy atom. The zero-order chi connectivity index (χ0) is 24.2. The van der Waals surface area contributed by atoms with Crippen LogP contribution in [0.2, 0.25) is 5.02 Å². The molecule has 0 spiro atoms. The van der Waals surface area contributed by atoms with Gasteiger partial charge in [-0.25, -0.2) is 4.39 Å². The lowest BCUT2D eigenvalue weighted by Gasteiger charge is -2.11. The number of halogens is 6. The van der Waals surface area contributed by atoms with Crippen molar-refractivity contribution in [3.63, 3.8) is 0 Å². The van der Waals surface area contributed by atoms with E-state index < -0.39 is 19.0 Å². The minimum Gasteiger partial charge on any atom is -0.435 e. The third kappa shape index (κ3) is 5.48. The Morgan fingerprint density at radius 1 is 0.794 bits per heavy atom. The van der Waals surface area contributed by atoms with Crippen molar-refractivity contribution in [3.05, 3.63) is 89.2 Å². The lowest BCUT2D eigenvalue weighted by Crippen LogP contribution is -2.06. The molecule has 0 saturated carbocycles. The number of aromatic nitrogens is 2. The van der Waals surface area contributed by atoms with Crippen LogP contribution in [0.4, 0.5) is 22.0 Å². The van der Waals surface area contributed by atoms with Crippen LogP contribution in [0.5, 0.6) is 11.5 Å². The van der Waals surface area contributed by atoms with Crippen molar-refractivity contribution in [3.8, 4) is 34.0 Å². The number of alkyl halides is 4. The number of hydrogen-bond acceptors (Lipinski definition) is 3. The highest BCUT2D eigenvalue weighted by Gasteiger charge is 2.16. The largest absolute Gasteiger partial charge is 0.435 e. The molecular formula is C24H16ClF5N2O2. The van der Waals surface area contributed by atoms with Gasteiger partial charge in [-0.3, -0.25) is 4.68 Å². The third-order valence-corrected chi connectivity index (χ3v) is 5.25. The van der Waals surface area contributed by atoms with E-state index in [9.17, 15) is 22.0 Å². The maximum atomic E-state index is 14.4. The Hall–Kier alpha value is -3.59. The summed E-state index contributed by atoms with van der Waals surface area (Å²) in [6, 6.07) is 17.8. The van der Waals surface area contributed by atoms with Gasteiger partial charge in [0.1, 0.15) is 17.3 Å².